The molecule has 5 heteroatoms. The van der Waals surface area contributed by atoms with E-state index in [0.717, 1.165) is 50.9 Å². The van der Waals surface area contributed by atoms with Gasteiger partial charge in [0, 0.05) is 43.9 Å². The normalized spacial score (nSPS) is 22.4. The summed E-state index contributed by atoms with van der Waals surface area (Å²) in [5, 5.41) is 2.19. The summed E-state index contributed by atoms with van der Waals surface area (Å²) in [5.74, 6) is 0.720. The molecule has 0 unspecified atom stereocenters. The number of thiophene rings is 1. The molecular formula is C21H28N2O2S. The minimum absolute atomic E-state index is 0.106. The Balaban J connectivity index is 1.18. The van der Waals surface area contributed by atoms with Crippen LogP contribution in [0.15, 0.2) is 35.8 Å². The van der Waals surface area contributed by atoms with Crippen LogP contribution in [0.2, 0.25) is 0 Å². The smallest absolute Gasteiger partial charge is 0.0937 e. The van der Waals surface area contributed by atoms with Gasteiger partial charge < -0.3 is 9.47 Å². The first-order chi connectivity index (χ1) is 12.7. The Hall–Kier alpha value is -1.27. The Bertz CT molecular complexity index is 697. The molecule has 1 atom stereocenters. The van der Waals surface area contributed by atoms with Crippen molar-refractivity contribution in [2.45, 2.75) is 44.9 Å². The lowest BCUT2D eigenvalue weighted by Crippen LogP contribution is -2.64. The van der Waals surface area contributed by atoms with Crippen LogP contribution in [0.25, 0.3) is 0 Å². The molecule has 0 bridgehead atoms. The van der Waals surface area contributed by atoms with Crippen molar-refractivity contribution in [2.24, 2.45) is 5.92 Å². The number of aromatic nitrogens is 1. The van der Waals surface area contributed by atoms with Crippen molar-refractivity contribution >= 4 is 11.3 Å². The van der Waals surface area contributed by atoms with Gasteiger partial charge in [0.15, 0.2) is 0 Å². The summed E-state index contributed by atoms with van der Waals surface area (Å²) in [6, 6.07) is 8.18. The van der Waals surface area contributed by atoms with Crippen LogP contribution in [0.3, 0.4) is 0 Å². The largest absolute Gasteiger partial charge is 0.375 e. The topological polar surface area (TPSA) is 34.6 Å². The Morgan fingerprint density at radius 1 is 1.35 bits per heavy atom. The molecule has 0 aliphatic carbocycles. The zero-order valence-electron chi connectivity index (χ0n) is 15.5. The van der Waals surface area contributed by atoms with E-state index in [9.17, 15) is 0 Å². The molecule has 2 aromatic heterocycles. The third kappa shape index (κ3) is 4.34. The van der Waals surface area contributed by atoms with E-state index in [0.29, 0.717) is 6.61 Å². The second-order valence-corrected chi connectivity index (χ2v) is 8.73. The fourth-order valence-corrected chi connectivity index (χ4v) is 5.10. The summed E-state index contributed by atoms with van der Waals surface area (Å²) in [7, 11) is 0. The molecule has 0 N–H and O–H groups in total. The minimum Gasteiger partial charge on any atom is -0.375 e. The standard InChI is InChI=1S/C21H28N2O2S/c1-17-7-11-26-20(17)13-23-15-21(16-23)12-18(6-10-25-21)5-9-24-14-19-4-2-3-8-22-19/h2-4,7-8,11,18H,5-6,9-10,12-16H2,1H3/t18-/m0/s1. The highest BCUT2D eigenvalue weighted by Gasteiger charge is 2.47. The number of nitrogens with zero attached hydrogens (tertiary/aromatic N) is 2. The number of rotatable bonds is 7. The van der Waals surface area contributed by atoms with Crippen molar-refractivity contribution in [2.75, 3.05) is 26.3 Å². The van der Waals surface area contributed by atoms with Gasteiger partial charge in [-0.3, -0.25) is 9.88 Å². The molecule has 4 rings (SSSR count). The average Bonchev–Trinajstić information content (AvgIpc) is 3.04. The maximum Gasteiger partial charge on any atom is 0.0937 e. The third-order valence-electron chi connectivity index (χ3n) is 5.60. The second kappa shape index (κ2) is 8.17. The summed E-state index contributed by atoms with van der Waals surface area (Å²) >= 11 is 1.87. The van der Waals surface area contributed by atoms with Crippen molar-refractivity contribution in [1.82, 2.24) is 9.88 Å². The molecule has 2 aromatic rings. The SMILES string of the molecule is Cc1ccsc1CN1CC2(C[C@@H](CCOCc3ccccn3)CCO2)C1. The lowest BCUT2D eigenvalue weighted by Gasteiger charge is -2.53. The number of hydrogen-bond acceptors (Lipinski definition) is 5. The maximum absolute atomic E-state index is 6.20. The van der Waals surface area contributed by atoms with Crippen LogP contribution in [0.4, 0.5) is 0 Å². The molecule has 2 aliphatic heterocycles. The highest BCUT2D eigenvalue weighted by molar-refractivity contribution is 7.10. The van der Waals surface area contributed by atoms with Gasteiger partial charge in [0.1, 0.15) is 0 Å². The van der Waals surface area contributed by atoms with Gasteiger partial charge >= 0.3 is 0 Å². The van der Waals surface area contributed by atoms with Gasteiger partial charge in [-0.25, -0.2) is 0 Å². The van der Waals surface area contributed by atoms with Crippen molar-refractivity contribution in [3.05, 3.63) is 52.0 Å². The third-order valence-corrected chi connectivity index (χ3v) is 6.61. The van der Waals surface area contributed by atoms with E-state index in [1.165, 1.54) is 23.3 Å². The number of pyridine rings is 1. The van der Waals surface area contributed by atoms with Gasteiger partial charge in [0.2, 0.25) is 0 Å². The number of likely N-dealkylation sites (tertiary alicyclic amines) is 1. The van der Waals surface area contributed by atoms with Crippen molar-refractivity contribution < 1.29 is 9.47 Å². The second-order valence-electron chi connectivity index (χ2n) is 7.72. The van der Waals surface area contributed by atoms with Crippen LogP contribution >= 0.6 is 11.3 Å². The van der Waals surface area contributed by atoms with Crippen LogP contribution in [0.1, 0.15) is 35.4 Å². The Kier molecular flexibility index (Phi) is 5.69. The van der Waals surface area contributed by atoms with Crippen LogP contribution in [-0.4, -0.2) is 41.8 Å². The zero-order valence-corrected chi connectivity index (χ0v) is 16.3. The molecule has 0 saturated carbocycles. The van der Waals surface area contributed by atoms with E-state index in [2.05, 4.69) is 28.3 Å². The zero-order chi connectivity index (χ0) is 17.8. The molecule has 0 radical (unpaired) electrons. The molecule has 2 fully saturated rings. The van der Waals surface area contributed by atoms with Crippen molar-refractivity contribution in [3.8, 4) is 0 Å². The summed E-state index contributed by atoms with van der Waals surface area (Å²) in [5.41, 5.74) is 2.53. The number of aryl methyl sites for hydroxylation is 1. The van der Waals surface area contributed by atoms with E-state index in [1.54, 1.807) is 0 Å². The van der Waals surface area contributed by atoms with Crippen LogP contribution < -0.4 is 0 Å². The van der Waals surface area contributed by atoms with Crippen molar-refractivity contribution in [1.29, 1.82) is 0 Å². The fourth-order valence-electron chi connectivity index (χ4n) is 4.16. The molecule has 0 aromatic carbocycles. The first-order valence-corrected chi connectivity index (χ1v) is 10.5. The predicted octanol–water partition coefficient (Wildman–Crippen LogP) is 4.04. The molecule has 4 heterocycles. The van der Waals surface area contributed by atoms with E-state index >= 15 is 0 Å². The van der Waals surface area contributed by atoms with Gasteiger partial charge in [-0.15, -0.1) is 11.3 Å². The summed E-state index contributed by atoms with van der Waals surface area (Å²) in [4.78, 5) is 8.33. The highest BCUT2D eigenvalue weighted by Crippen LogP contribution is 2.39. The molecular weight excluding hydrogens is 344 g/mol. The van der Waals surface area contributed by atoms with Crippen LogP contribution in [0.5, 0.6) is 0 Å². The average molecular weight is 373 g/mol. The quantitative estimate of drug-likeness (QED) is 0.687. The van der Waals surface area contributed by atoms with E-state index in [-0.39, 0.29) is 5.60 Å². The van der Waals surface area contributed by atoms with E-state index in [4.69, 9.17) is 9.47 Å². The highest BCUT2D eigenvalue weighted by atomic mass is 32.1. The number of hydrogen-bond donors (Lipinski definition) is 0. The molecule has 140 valence electrons. The van der Waals surface area contributed by atoms with E-state index in [1.807, 2.05) is 35.7 Å². The molecule has 2 aliphatic rings. The maximum atomic E-state index is 6.20. The monoisotopic (exact) mass is 372 g/mol. The summed E-state index contributed by atoms with van der Waals surface area (Å²) in [6.07, 6.45) is 5.29. The molecule has 4 nitrogen and oxygen atoms in total. The van der Waals surface area contributed by atoms with Crippen LogP contribution in [-0.2, 0) is 22.6 Å². The summed E-state index contributed by atoms with van der Waals surface area (Å²) < 4.78 is 12.0. The minimum atomic E-state index is 0.106. The fraction of sp³-hybridized carbons (Fsp3) is 0.571. The summed E-state index contributed by atoms with van der Waals surface area (Å²) in [6.45, 7) is 7.77. The van der Waals surface area contributed by atoms with Gasteiger partial charge in [-0.1, -0.05) is 6.07 Å². The van der Waals surface area contributed by atoms with Gasteiger partial charge in [0.05, 0.1) is 17.9 Å². The first-order valence-electron chi connectivity index (χ1n) is 9.59. The van der Waals surface area contributed by atoms with Gasteiger partial charge in [-0.2, -0.15) is 0 Å². The lowest BCUT2D eigenvalue weighted by molar-refractivity contribution is -0.182. The Labute approximate surface area is 160 Å². The molecule has 1 spiro atoms. The molecule has 0 amide bonds. The van der Waals surface area contributed by atoms with Gasteiger partial charge in [0.25, 0.3) is 0 Å². The van der Waals surface area contributed by atoms with Gasteiger partial charge in [-0.05, 0) is 61.2 Å². The van der Waals surface area contributed by atoms with E-state index < -0.39 is 0 Å². The molecule has 26 heavy (non-hydrogen) atoms. The predicted molar refractivity (Wildman–Crippen MR) is 104 cm³/mol. The van der Waals surface area contributed by atoms with Crippen molar-refractivity contribution in [3.63, 3.8) is 0 Å². The molecule has 2 saturated heterocycles. The first kappa shape index (κ1) is 18.1. The number of ether oxygens (including phenoxy) is 2. The Morgan fingerprint density at radius 3 is 3.04 bits per heavy atom. The van der Waals surface area contributed by atoms with Crippen LogP contribution in [0, 0.1) is 12.8 Å². The lowest BCUT2D eigenvalue weighted by atomic mass is 9.79. The Morgan fingerprint density at radius 2 is 2.27 bits per heavy atom.